The molecule has 2 amide bonds. The summed E-state index contributed by atoms with van der Waals surface area (Å²) in [6.45, 7) is 5.11. The average molecular weight is 455 g/mol. The molecule has 2 fully saturated rings. The van der Waals surface area contributed by atoms with Gasteiger partial charge in [-0.25, -0.2) is 9.18 Å². The van der Waals surface area contributed by atoms with Crippen molar-refractivity contribution >= 4 is 23.9 Å². The second-order valence-electron chi connectivity index (χ2n) is 7.94. The molecule has 3 N–H and O–H groups in total. The number of nitrogens with one attached hydrogen (secondary N) is 2. The Labute approximate surface area is 190 Å². The monoisotopic (exact) mass is 455 g/mol. The number of hydrogen-bond donors (Lipinski definition) is 3. The molecule has 0 unspecified atom stereocenters. The summed E-state index contributed by atoms with van der Waals surface area (Å²) >= 11 is 0. The Bertz CT molecular complexity index is 1070. The molecule has 2 aliphatic heterocycles. The molecule has 4 rings (SSSR count). The SMILES string of the molecule is CC(=O)NC[C@H]1CN(c2ccc(-c3ccc(C=NN4CCNCC4)c(O)c3)c(F)c2)C(=O)O1. The summed E-state index contributed by atoms with van der Waals surface area (Å²) in [6.07, 6.45) is 0.500. The van der Waals surface area contributed by atoms with Gasteiger partial charge in [0.1, 0.15) is 17.7 Å². The highest BCUT2D eigenvalue weighted by molar-refractivity contribution is 5.90. The molecule has 33 heavy (non-hydrogen) atoms. The number of aromatic hydroxyl groups is 1. The lowest BCUT2D eigenvalue weighted by Gasteiger charge is -2.24. The molecule has 10 heteroatoms. The molecule has 0 aromatic heterocycles. The van der Waals surface area contributed by atoms with E-state index in [-0.39, 0.29) is 24.7 Å². The molecule has 0 aliphatic carbocycles. The number of nitrogens with zero attached hydrogens (tertiary/aromatic N) is 3. The van der Waals surface area contributed by atoms with Crippen molar-refractivity contribution < 1.29 is 23.8 Å². The number of halogens is 1. The molecule has 1 atom stereocenters. The highest BCUT2D eigenvalue weighted by atomic mass is 19.1. The van der Waals surface area contributed by atoms with Crippen LogP contribution in [0.15, 0.2) is 41.5 Å². The van der Waals surface area contributed by atoms with Gasteiger partial charge >= 0.3 is 6.09 Å². The van der Waals surface area contributed by atoms with Crippen molar-refractivity contribution in [1.29, 1.82) is 0 Å². The first-order chi connectivity index (χ1) is 15.9. The Hall–Kier alpha value is -3.66. The summed E-state index contributed by atoms with van der Waals surface area (Å²) in [4.78, 5) is 24.6. The topological polar surface area (TPSA) is 107 Å². The molecule has 0 saturated carbocycles. The van der Waals surface area contributed by atoms with Gasteiger partial charge in [-0.1, -0.05) is 6.07 Å². The molecule has 0 radical (unpaired) electrons. The fourth-order valence-corrected chi connectivity index (χ4v) is 3.73. The van der Waals surface area contributed by atoms with Crippen molar-refractivity contribution in [2.45, 2.75) is 13.0 Å². The minimum atomic E-state index is -0.594. The number of phenolic OH excluding ortho intramolecular Hbond substituents is 1. The van der Waals surface area contributed by atoms with Crippen LogP contribution in [0.2, 0.25) is 0 Å². The molecule has 2 aliphatic rings. The van der Waals surface area contributed by atoms with Gasteiger partial charge in [0.15, 0.2) is 0 Å². The lowest BCUT2D eigenvalue weighted by molar-refractivity contribution is -0.119. The van der Waals surface area contributed by atoms with Gasteiger partial charge in [-0.15, -0.1) is 0 Å². The number of rotatable bonds is 6. The van der Waals surface area contributed by atoms with Crippen LogP contribution in [0.25, 0.3) is 11.1 Å². The maximum atomic E-state index is 14.9. The third kappa shape index (κ3) is 5.40. The normalized spacial score (nSPS) is 18.6. The highest BCUT2D eigenvalue weighted by Crippen LogP contribution is 2.31. The summed E-state index contributed by atoms with van der Waals surface area (Å²) in [7, 11) is 0. The van der Waals surface area contributed by atoms with Crippen LogP contribution in [-0.4, -0.2) is 73.7 Å². The van der Waals surface area contributed by atoms with E-state index in [4.69, 9.17) is 4.74 Å². The minimum Gasteiger partial charge on any atom is -0.507 e. The van der Waals surface area contributed by atoms with Gasteiger partial charge in [0.25, 0.3) is 0 Å². The predicted octanol–water partition coefficient (Wildman–Crippen LogP) is 1.90. The fraction of sp³-hybridized carbons (Fsp3) is 0.348. The molecule has 9 nitrogen and oxygen atoms in total. The molecule has 0 spiro atoms. The number of ether oxygens (including phenoxy) is 1. The van der Waals surface area contributed by atoms with Crippen LogP contribution in [-0.2, 0) is 9.53 Å². The van der Waals surface area contributed by atoms with E-state index in [1.54, 1.807) is 30.5 Å². The maximum absolute atomic E-state index is 14.9. The van der Waals surface area contributed by atoms with E-state index in [9.17, 15) is 19.1 Å². The third-order valence-electron chi connectivity index (χ3n) is 5.51. The number of hydrazone groups is 1. The first-order valence-corrected chi connectivity index (χ1v) is 10.8. The number of phenols is 1. The fourth-order valence-electron chi connectivity index (χ4n) is 3.73. The van der Waals surface area contributed by atoms with Crippen LogP contribution in [0.1, 0.15) is 12.5 Å². The maximum Gasteiger partial charge on any atom is 0.414 e. The van der Waals surface area contributed by atoms with Gasteiger partial charge in [0.2, 0.25) is 5.91 Å². The number of carbonyl (C=O) groups is 2. The lowest BCUT2D eigenvalue weighted by atomic mass is 10.0. The number of piperazine rings is 1. The van der Waals surface area contributed by atoms with Gasteiger partial charge in [-0.05, 0) is 35.9 Å². The lowest BCUT2D eigenvalue weighted by Crippen LogP contribution is -2.40. The Morgan fingerprint density at radius 2 is 2.09 bits per heavy atom. The summed E-state index contributed by atoms with van der Waals surface area (Å²) in [6, 6.07) is 9.33. The van der Waals surface area contributed by atoms with Crippen LogP contribution >= 0.6 is 0 Å². The Kier molecular flexibility index (Phi) is 6.74. The average Bonchev–Trinajstić information content (AvgIpc) is 3.18. The van der Waals surface area contributed by atoms with Gasteiger partial charge in [-0.3, -0.25) is 14.7 Å². The first kappa shape index (κ1) is 22.5. The Morgan fingerprint density at radius 3 is 2.79 bits per heavy atom. The van der Waals surface area contributed by atoms with E-state index in [1.165, 1.54) is 24.0 Å². The van der Waals surface area contributed by atoms with E-state index >= 15 is 0 Å². The van der Waals surface area contributed by atoms with Crippen LogP contribution in [0.3, 0.4) is 0 Å². The van der Waals surface area contributed by atoms with E-state index in [1.807, 2.05) is 5.01 Å². The van der Waals surface area contributed by atoms with Gasteiger partial charge in [0, 0.05) is 44.2 Å². The van der Waals surface area contributed by atoms with E-state index in [0.717, 1.165) is 26.2 Å². The quantitative estimate of drug-likeness (QED) is 0.575. The van der Waals surface area contributed by atoms with Crippen molar-refractivity contribution in [2.75, 3.05) is 44.2 Å². The van der Waals surface area contributed by atoms with Gasteiger partial charge in [-0.2, -0.15) is 5.10 Å². The Balaban J connectivity index is 1.46. The molecule has 2 saturated heterocycles. The number of anilines is 1. The largest absolute Gasteiger partial charge is 0.507 e. The van der Waals surface area contributed by atoms with Crippen LogP contribution in [0.4, 0.5) is 14.9 Å². The van der Waals surface area contributed by atoms with E-state index in [2.05, 4.69) is 15.7 Å². The second-order valence-corrected chi connectivity index (χ2v) is 7.94. The molecule has 2 heterocycles. The van der Waals surface area contributed by atoms with Crippen molar-refractivity contribution in [3.8, 4) is 16.9 Å². The van der Waals surface area contributed by atoms with Crippen LogP contribution in [0.5, 0.6) is 5.75 Å². The summed E-state index contributed by atoms with van der Waals surface area (Å²) in [5.74, 6) is -0.754. The van der Waals surface area contributed by atoms with Crippen LogP contribution in [0, 0.1) is 5.82 Å². The standard InChI is InChI=1S/C23H26FN5O4/c1-15(30)26-13-19-14-29(23(32)33-19)18-4-5-20(21(24)11-18)16-2-3-17(22(31)10-16)12-27-28-8-6-25-7-9-28/h2-5,10-12,19,25,31H,6-9,13-14H2,1H3,(H,26,30)/t19-/m0/s1. The zero-order valence-corrected chi connectivity index (χ0v) is 18.3. The number of hydrogen-bond acceptors (Lipinski definition) is 7. The summed E-state index contributed by atoms with van der Waals surface area (Å²) < 4.78 is 20.2. The molecular weight excluding hydrogens is 429 g/mol. The number of carbonyl (C=O) groups excluding carboxylic acids is 2. The van der Waals surface area contributed by atoms with Crippen molar-refractivity contribution in [2.24, 2.45) is 5.10 Å². The zero-order chi connectivity index (χ0) is 23.4. The highest BCUT2D eigenvalue weighted by Gasteiger charge is 2.32. The first-order valence-electron chi connectivity index (χ1n) is 10.8. The molecule has 174 valence electrons. The van der Waals surface area contributed by atoms with E-state index < -0.39 is 18.0 Å². The Morgan fingerprint density at radius 1 is 1.30 bits per heavy atom. The smallest absolute Gasteiger partial charge is 0.414 e. The van der Waals surface area contributed by atoms with E-state index in [0.29, 0.717) is 22.4 Å². The van der Waals surface area contributed by atoms with Gasteiger partial charge < -0.3 is 20.5 Å². The van der Waals surface area contributed by atoms with Gasteiger partial charge in [0.05, 0.1) is 25.0 Å². The predicted molar refractivity (Wildman–Crippen MR) is 122 cm³/mol. The molecular formula is C23H26FN5O4. The zero-order valence-electron chi connectivity index (χ0n) is 18.3. The summed E-state index contributed by atoms with van der Waals surface area (Å²) in [5, 5.41) is 22.6. The van der Waals surface area contributed by atoms with Crippen molar-refractivity contribution in [3.63, 3.8) is 0 Å². The minimum absolute atomic E-state index is 0.00112. The number of amides is 2. The van der Waals surface area contributed by atoms with Crippen LogP contribution < -0.4 is 15.5 Å². The third-order valence-corrected chi connectivity index (χ3v) is 5.51. The molecule has 0 bridgehead atoms. The van der Waals surface area contributed by atoms with Crippen molar-refractivity contribution in [1.82, 2.24) is 15.6 Å². The number of cyclic esters (lactones) is 1. The summed E-state index contributed by atoms with van der Waals surface area (Å²) in [5.41, 5.74) is 1.69. The second kappa shape index (κ2) is 9.86. The molecule has 2 aromatic carbocycles. The number of benzene rings is 2. The molecule has 2 aromatic rings. The van der Waals surface area contributed by atoms with Crippen molar-refractivity contribution in [3.05, 3.63) is 47.8 Å².